The molecule has 0 bridgehead atoms. The van der Waals surface area contributed by atoms with Crippen LogP contribution in [-0.4, -0.2) is 41.3 Å². The fourth-order valence-corrected chi connectivity index (χ4v) is 3.88. The maximum absolute atomic E-state index is 9.76. The van der Waals surface area contributed by atoms with Gasteiger partial charge in [0.2, 0.25) is 5.95 Å². The predicted octanol–water partition coefficient (Wildman–Crippen LogP) is 4.33. The molecule has 144 valence electrons. The monoisotopic (exact) mass is 382 g/mol. The van der Waals surface area contributed by atoms with Gasteiger partial charge in [-0.2, -0.15) is 0 Å². The highest BCUT2D eigenvalue weighted by molar-refractivity contribution is 5.93. The number of anilines is 2. The van der Waals surface area contributed by atoms with E-state index < -0.39 is 0 Å². The van der Waals surface area contributed by atoms with E-state index in [2.05, 4.69) is 34.1 Å². The molecule has 0 radical (unpaired) electrons. The molecular weight excluding hydrogens is 360 g/mol. The van der Waals surface area contributed by atoms with Crippen molar-refractivity contribution >= 4 is 22.5 Å². The van der Waals surface area contributed by atoms with Crippen LogP contribution in [0.5, 0.6) is 5.75 Å². The number of phenols is 1. The number of nitrogens with zero attached hydrogens (tertiary/aromatic N) is 4. The smallest absolute Gasteiger partial charge is 0.226 e. The largest absolute Gasteiger partial charge is 0.508 e. The number of rotatable bonds is 3. The number of aromatic nitrogens is 2. The van der Waals surface area contributed by atoms with Crippen molar-refractivity contribution < 1.29 is 5.11 Å². The molecule has 0 aliphatic carbocycles. The minimum atomic E-state index is 0.301. The first-order valence-electron chi connectivity index (χ1n) is 9.89. The first kappa shape index (κ1) is 17.5. The van der Waals surface area contributed by atoms with E-state index in [9.17, 15) is 5.11 Å². The summed E-state index contributed by atoms with van der Waals surface area (Å²) >= 11 is 0. The van der Waals surface area contributed by atoms with Crippen LogP contribution in [0.15, 0.2) is 78.9 Å². The third-order valence-electron chi connectivity index (χ3n) is 5.40. The number of para-hydroxylation sites is 1. The van der Waals surface area contributed by atoms with Gasteiger partial charge < -0.3 is 14.9 Å². The summed E-state index contributed by atoms with van der Waals surface area (Å²) in [5.74, 6) is 1.08. The SMILES string of the molecule is Oc1cccc(N2CCN(c3nc(-c4ccccc4)c4ccccc4n3)CC2)c1. The Hall–Kier alpha value is -3.60. The molecule has 5 heteroatoms. The van der Waals surface area contributed by atoms with E-state index in [1.807, 2.05) is 48.5 Å². The molecule has 0 atom stereocenters. The van der Waals surface area contributed by atoms with Gasteiger partial charge in [0.1, 0.15) is 5.75 Å². The summed E-state index contributed by atoms with van der Waals surface area (Å²) in [7, 11) is 0. The minimum Gasteiger partial charge on any atom is -0.508 e. The summed E-state index contributed by atoms with van der Waals surface area (Å²) in [6.45, 7) is 3.39. The average Bonchev–Trinajstić information content (AvgIpc) is 2.79. The number of piperazine rings is 1. The lowest BCUT2D eigenvalue weighted by atomic mass is 10.1. The summed E-state index contributed by atoms with van der Waals surface area (Å²) in [5, 5.41) is 10.8. The first-order chi connectivity index (χ1) is 14.3. The Kier molecular flexibility index (Phi) is 4.48. The van der Waals surface area contributed by atoms with Crippen molar-refractivity contribution in [2.75, 3.05) is 36.0 Å². The quantitative estimate of drug-likeness (QED) is 0.572. The van der Waals surface area contributed by atoms with Gasteiger partial charge in [0.15, 0.2) is 0 Å². The summed E-state index contributed by atoms with van der Waals surface area (Å²) in [5.41, 5.74) is 4.09. The zero-order chi connectivity index (χ0) is 19.6. The highest BCUT2D eigenvalue weighted by atomic mass is 16.3. The van der Waals surface area contributed by atoms with Gasteiger partial charge in [0, 0.05) is 48.9 Å². The molecule has 1 saturated heterocycles. The van der Waals surface area contributed by atoms with Crippen molar-refractivity contribution in [3.05, 3.63) is 78.9 Å². The van der Waals surface area contributed by atoms with Crippen molar-refractivity contribution in [3.63, 3.8) is 0 Å². The van der Waals surface area contributed by atoms with Gasteiger partial charge in [-0.3, -0.25) is 0 Å². The van der Waals surface area contributed by atoms with Crippen molar-refractivity contribution in [3.8, 4) is 17.0 Å². The molecule has 0 saturated carbocycles. The van der Waals surface area contributed by atoms with E-state index in [0.717, 1.165) is 60.0 Å². The Morgan fingerprint density at radius 1 is 0.690 bits per heavy atom. The Morgan fingerprint density at radius 3 is 2.21 bits per heavy atom. The molecule has 5 rings (SSSR count). The standard InChI is InChI=1S/C24H22N4O/c29-20-10-6-9-19(17-20)27-13-15-28(16-14-27)24-25-22-12-5-4-11-21(22)23(26-24)18-7-2-1-3-8-18/h1-12,17,29H,13-16H2. The van der Waals surface area contributed by atoms with Crippen molar-refractivity contribution in [2.45, 2.75) is 0 Å². The Labute approximate surface area is 169 Å². The number of hydrogen-bond acceptors (Lipinski definition) is 5. The first-order valence-corrected chi connectivity index (χ1v) is 9.89. The van der Waals surface area contributed by atoms with Gasteiger partial charge in [-0.1, -0.05) is 54.6 Å². The van der Waals surface area contributed by atoms with Crippen LogP contribution in [0.2, 0.25) is 0 Å². The molecule has 0 unspecified atom stereocenters. The average molecular weight is 382 g/mol. The second-order valence-electron chi connectivity index (χ2n) is 7.25. The molecule has 5 nitrogen and oxygen atoms in total. The van der Waals surface area contributed by atoms with Crippen molar-refractivity contribution in [1.82, 2.24) is 9.97 Å². The summed E-state index contributed by atoms with van der Waals surface area (Å²) in [6.07, 6.45) is 0. The normalized spacial score (nSPS) is 14.3. The van der Waals surface area contributed by atoms with E-state index in [1.165, 1.54) is 0 Å². The Morgan fingerprint density at radius 2 is 1.41 bits per heavy atom. The zero-order valence-electron chi connectivity index (χ0n) is 16.1. The summed E-state index contributed by atoms with van der Waals surface area (Å²) in [6, 6.07) is 25.9. The van der Waals surface area contributed by atoms with E-state index in [-0.39, 0.29) is 0 Å². The molecule has 0 amide bonds. The second-order valence-corrected chi connectivity index (χ2v) is 7.25. The number of hydrogen-bond donors (Lipinski definition) is 1. The molecule has 4 aromatic rings. The highest BCUT2D eigenvalue weighted by Gasteiger charge is 2.21. The molecule has 29 heavy (non-hydrogen) atoms. The predicted molar refractivity (Wildman–Crippen MR) is 118 cm³/mol. The third kappa shape index (κ3) is 3.47. The van der Waals surface area contributed by atoms with Crippen LogP contribution >= 0.6 is 0 Å². The van der Waals surface area contributed by atoms with Crippen LogP contribution < -0.4 is 9.80 Å². The highest BCUT2D eigenvalue weighted by Crippen LogP contribution is 2.29. The van der Waals surface area contributed by atoms with E-state index in [4.69, 9.17) is 9.97 Å². The number of benzene rings is 3. The molecule has 0 spiro atoms. The van der Waals surface area contributed by atoms with Gasteiger partial charge in [0.25, 0.3) is 0 Å². The number of phenolic OH excluding ortho intramolecular Hbond substituents is 1. The van der Waals surface area contributed by atoms with Crippen LogP contribution in [0.4, 0.5) is 11.6 Å². The van der Waals surface area contributed by atoms with Gasteiger partial charge in [0.05, 0.1) is 11.2 Å². The molecular formula is C24H22N4O. The molecule has 2 heterocycles. The van der Waals surface area contributed by atoms with Gasteiger partial charge in [-0.25, -0.2) is 9.97 Å². The lowest BCUT2D eigenvalue weighted by Gasteiger charge is -2.36. The van der Waals surface area contributed by atoms with E-state index >= 15 is 0 Å². The molecule has 1 aliphatic rings. The molecule has 1 aromatic heterocycles. The topological polar surface area (TPSA) is 52.5 Å². The second kappa shape index (κ2) is 7.43. The number of aromatic hydroxyl groups is 1. The number of fused-ring (bicyclic) bond motifs is 1. The third-order valence-corrected chi connectivity index (χ3v) is 5.40. The van der Waals surface area contributed by atoms with Gasteiger partial charge in [-0.05, 0) is 18.2 Å². The van der Waals surface area contributed by atoms with E-state index in [1.54, 1.807) is 6.07 Å². The zero-order valence-corrected chi connectivity index (χ0v) is 16.1. The molecule has 1 aliphatic heterocycles. The lowest BCUT2D eigenvalue weighted by Crippen LogP contribution is -2.47. The van der Waals surface area contributed by atoms with Crippen LogP contribution in [0.25, 0.3) is 22.2 Å². The van der Waals surface area contributed by atoms with Crippen LogP contribution in [0, 0.1) is 0 Å². The summed E-state index contributed by atoms with van der Waals surface area (Å²) < 4.78 is 0. The summed E-state index contributed by atoms with van der Waals surface area (Å²) in [4.78, 5) is 14.4. The molecule has 3 aromatic carbocycles. The van der Waals surface area contributed by atoms with Crippen LogP contribution in [0.1, 0.15) is 0 Å². The van der Waals surface area contributed by atoms with Gasteiger partial charge in [-0.15, -0.1) is 0 Å². The lowest BCUT2D eigenvalue weighted by molar-refractivity contribution is 0.475. The fraction of sp³-hybridized carbons (Fsp3) is 0.167. The fourth-order valence-electron chi connectivity index (χ4n) is 3.88. The van der Waals surface area contributed by atoms with E-state index in [0.29, 0.717) is 5.75 Å². The molecule has 1 N–H and O–H groups in total. The van der Waals surface area contributed by atoms with Crippen molar-refractivity contribution in [1.29, 1.82) is 0 Å². The van der Waals surface area contributed by atoms with Crippen LogP contribution in [0.3, 0.4) is 0 Å². The Bertz CT molecular complexity index is 1140. The van der Waals surface area contributed by atoms with Crippen molar-refractivity contribution in [2.24, 2.45) is 0 Å². The Balaban J connectivity index is 1.45. The maximum Gasteiger partial charge on any atom is 0.226 e. The minimum absolute atomic E-state index is 0.301. The molecule has 1 fully saturated rings. The van der Waals surface area contributed by atoms with Gasteiger partial charge >= 0.3 is 0 Å². The maximum atomic E-state index is 9.76. The van der Waals surface area contributed by atoms with Crippen LogP contribution in [-0.2, 0) is 0 Å².